The van der Waals surface area contributed by atoms with Crippen LogP contribution in [0.2, 0.25) is 25.1 Å². The molecule has 12 heteroatoms. The minimum atomic E-state index is -0.721. The first-order valence-corrected chi connectivity index (χ1v) is 13.0. The third-order valence-corrected chi connectivity index (χ3v) is 8.55. The number of rotatable bonds is 4. The molecule has 3 aromatic rings. The summed E-state index contributed by atoms with van der Waals surface area (Å²) in [5.41, 5.74) is 1.39. The molecule has 38 heavy (non-hydrogen) atoms. The van der Waals surface area contributed by atoms with Gasteiger partial charge < -0.3 is 9.64 Å². The number of hydrogen-bond acceptors (Lipinski definition) is 5. The Bertz CT molecular complexity index is 1510. The summed E-state index contributed by atoms with van der Waals surface area (Å²) < 4.78 is 5.47. The zero-order chi connectivity index (χ0) is 27.5. The van der Waals surface area contributed by atoms with Crippen molar-refractivity contribution in [3.8, 4) is 5.75 Å². The number of nitrogens with zero attached hydrogens (tertiary/aromatic N) is 2. The number of amides is 3. The van der Waals surface area contributed by atoms with Crippen molar-refractivity contribution in [1.29, 1.82) is 0 Å². The monoisotopic (exact) mass is 610 g/mol. The van der Waals surface area contributed by atoms with E-state index in [9.17, 15) is 19.2 Å². The van der Waals surface area contributed by atoms with Crippen LogP contribution in [0.15, 0.2) is 42.5 Å². The number of aryl methyl sites for hydroxylation is 1. The molecule has 2 aliphatic heterocycles. The number of esters is 1. The van der Waals surface area contributed by atoms with Crippen LogP contribution in [0, 0.1) is 12.8 Å². The van der Waals surface area contributed by atoms with E-state index in [1.165, 1.54) is 29.2 Å². The second-order valence-electron chi connectivity index (χ2n) is 8.71. The lowest BCUT2D eigenvalue weighted by atomic mass is 10.1. The van der Waals surface area contributed by atoms with Gasteiger partial charge in [0.1, 0.15) is 5.75 Å². The quantitative estimate of drug-likeness (QED) is 0.104. The maximum Gasteiger partial charge on any atom is 0.316 e. The van der Waals surface area contributed by atoms with E-state index in [-0.39, 0.29) is 61.5 Å². The molecule has 7 nitrogen and oxygen atoms in total. The minimum absolute atomic E-state index is 0.00983. The van der Waals surface area contributed by atoms with E-state index < -0.39 is 23.7 Å². The largest absolute Gasteiger partial charge is 0.426 e. The molecule has 5 rings (SSSR count). The molecule has 0 saturated carbocycles. The van der Waals surface area contributed by atoms with Crippen molar-refractivity contribution < 1.29 is 23.9 Å². The maximum atomic E-state index is 13.0. The Morgan fingerprint density at radius 2 is 1.37 bits per heavy atom. The number of anilines is 2. The molecule has 1 saturated heterocycles. The number of imide groups is 1. The second kappa shape index (κ2) is 10.1. The predicted octanol–water partition coefficient (Wildman–Crippen LogP) is 7.02. The molecule has 2 aliphatic rings. The van der Waals surface area contributed by atoms with E-state index in [0.29, 0.717) is 10.7 Å². The summed E-state index contributed by atoms with van der Waals surface area (Å²) in [5.74, 6) is -2.76. The molecular formula is C26H15Cl5N2O5. The Hall–Kier alpha value is -2.81. The first-order valence-electron chi connectivity index (χ1n) is 11.1. The van der Waals surface area contributed by atoms with Gasteiger partial charge in [-0.25, -0.2) is 4.90 Å². The van der Waals surface area contributed by atoms with Crippen molar-refractivity contribution in [2.24, 2.45) is 5.92 Å². The highest BCUT2D eigenvalue weighted by Gasteiger charge is 2.42. The van der Waals surface area contributed by atoms with Crippen LogP contribution in [0.5, 0.6) is 5.75 Å². The Morgan fingerprint density at radius 3 is 1.92 bits per heavy atom. The van der Waals surface area contributed by atoms with Gasteiger partial charge in [-0.3, -0.25) is 19.2 Å². The normalized spacial score (nSPS) is 16.9. The fourth-order valence-electron chi connectivity index (χ4n) is 4.31. The van der Waals surface area contributed by atoms with Crippen molar-refractivity contribution in [2.45, 2.75) is 13.3 Å². The fourth-order valence-corrected chi connectivity index (χ4v) is 5.50. The third kappa shape index (κ3) is 4.42. The van der Waals surface area contributed by atoms with Crippen LogP contribution in [-0.4, -0.2) is 30.2 Å². The number of hydrogen-bond donors (Lipinski definition) is 0. The SMILES string of the molecule is Cc1ccc(N2C[C@H](C(=O)Oc3ccc(N4C(=O)c5c(Cl)c(Cl)c(Cl)c(Cl)c5C4=O)cc3)CC2=O)cc1Cl. The van der Waals surface area contributed by atoms with Gasteiger partial charge in [-0.2, -0.15) is 0 Å². The summed E-state index contributed by atoms with van der Waals surface area (Å²) in [6, 6.07) is 11.0. The van der Waals surface area contributed by atoms with E-state index in [0.717, 1.165) is 10.5 Å². The molecule has 0 aromatic heterocycles. The second-order valence-corrected chi connectivity index (χ2v) is 10.6. The van der Waals surface area contributed by atoms with Gasteiger partial charge >= 0.3 is 5.97 Å². The molecule has 1 fully saturated rings. The first-order chi connectivity index (χ1) is 18.0. The Morgan fingerprint density at radius 1 is 0.816 bits per heavy atom. The summed E-state index contributed by atoms with van der Waals surface area (Å²) >= 11 is 30.6. The highest BCUT2D eigenvalue weighted by molar-refractivity contribution is 6.56. The first kappa shape index (κ1) is 26.8. The topological polar surface area (TPSA) is 84.0 Å². The molecule has 0 aliphatic carbocycles. The van der Waals surface area contributed by atoms with E-state index in [2.05, 4.69) is 0 Å². The third-order valence-electron chi connectivity index (χ3n) is 6.34. The number of fused-ring (bicyclic) bond motifs is 1. The summed E-state index contributed by atoms with van der Waals surface area (Å²) in [5, 5.41) is -0.0742. The smallest absolute Gasteiger partial charge is 0.316 e. The number of benzene rings is 3. The molecule has 0 N–H and O–H groups in total. The van der Waals surface area contributed by atoms with E-state index >= 15 is 0 Å². The maximum absolute atomic E-state index is 13.0. The molecule has 0 spiro atoms. The van der Waals surface area contributed by atoms with Crippen LogP contribution in [0.4, 0.5) is 11.4 Å². The average Bonchev–Trinajstić information content (AvgIpc) is 3.40. The highest BCUT2D eigenvalue weighted by Crippen LogP contribution is 2.45. The molecule has 0 unspecified atom stereocenters. The highest BCUT2D eigenvalue weighted by atomic mass is 35.5. The van der Waals surface area contributed by atoms with Gasteiger partial charge in [0.25, 0.3) is 11.8 Å². The molecule has 194 valence electrons. The number of halogens is 5. The molecule has 0 radical (unpaired) electrons. The van der Waals surface area contributed by atoms with Crippen LogP contribution in [0.25, 0.3) is 0 Å². The van der Waals surface area contributed by atoms with E-state index in [1.54, 1.807) is 18.2 Å². The van der Waals surface area contributed by atoms with E-state index in [1.807, 2.05) is 6.92 Å². The van der Waals surface area contributed by atoms with Gasteiger partial charge in [0, 0.05) is 23.7 Å². The minimum Gasteiger partial charge on any atom is -0.426 e. The number of carbonyl (C=O) groups excluding carboxylic acids is 4. The molecule has 2 heterocycles. The molecule has 0 bridgehead atoms. The molecule has 3 amide bonds. The van der Waals surface area contributed by atoms with Crippen molar-refractivity contribution in [2.75, 3.05) is 16.3 Å². The van der Waals surface area contributed by atoms with Crippen LogP contribution >= 0.6 is 58.0 Å². The Kier molecular flexibility index (Phi) is 7.09. The van der Waals surface area contributed by atoms with Gasteiger partial charge in [-0.15, -0.1) is 0 Å². The van der Waals surface area contributed by atoms with Crippen molar-refractivity contribution in [3.63, 3.8) is 0 Å². The van der Waals surface area contributed by atoms with Crippen LogP contribution < -0.4 is 14.5 Å². The van der Waals surface area contributed by atoms with Crippen molar-refractivity contribution in [1.82, 2.24) is 0 Å². The summed E-state index contributed by atoms with van der Waals surface area (Å²) in [6.45, 7) is 2.00. The van der Waals surface area contributed by atoms with Crippen LogP contribution in [-0.2, 0) is 9.59 Å². The molecule has 1 atom stereocenters. The lowest BCUT2D eigenvalue weighted by Crippen LogP contribution is -2.29. The van der Waals surface area contributed by atoms with Gasteiger partial charge in [0.2, 0.25) is 5.91 Å². The summed E-state index contributed by atoms with van der Waals surface area (Å²) in [6.07, 6.45) is -0.00983. The molecule has 3 aromatic carbocycles. The Labute approximate surface area is 241 Å². The Balaban J connectivity index is 1.31. The lowest BCUT2D eigenvalue weighted by Gasteiger charge is -2.17. The van der Waals surface area contributed by atoms with Crippen LogP contribution in [0.3, 0.4) is 0 Å². The van der Waals surface area contributed by atoms with Crippen LogP contribution in [0.1, 0.15) is 32.7 Å². The standard InChI is InChI=1S/C26H15Cl5N2O5/c1-11-2-3-14(9-16(11)27)32-10-12(8-17(32)34)26(37)38-15-6-4-13(5-7-15)33-24(35)18-19(25(33)36)21(29)23(31)22(30)20(18)28/h2-7,9,12H,8,10H2,1H3/t12-/m1/s1. The number of ether oxygens (including phenoxy) is 1. The zero-order valence-electron chi connectivity index (χ0n) is 19.4. The van der Waals surface area contributed by atoms with Gasteiger partial charge in [-0.1, -0.05) is 64.1 Å². The van der Waals surface area contributed by atoms with Crippen molar-refractivity contribution in [3.05, 3.63) is 84.3 Å². The zero-order valence-corrected chi connectivity index (χ0v) is 23.1. The summed E-state index contributed by atoms with van der Waals surface area (Å²) in [7, 11) is 0. The van der Waals surface area contributed by atoms with Gasteiger partial charge in [0.15, 0.2) is 0 Å². The lowest BCUT2D eigenvalue weighted by molar-refractivity contribution is -0.139. The predicted molar refractivity (Wildman–Crippen MR) is 146 cm³/mol. The summed E-state index contributed by atoms with van der Waals surface area (Å²) in [4.78, 5) is 53.8. The van der Waals surface area contributed by atoms with Gasteiger partial charge in [0.05, 0.1) is 42.8 Å². The van der Waals surface area contributed by atoms with E-state index in [4.69, 9.17) is 62.7 Å². The van der Waals surface area contributed by atoms with Gasteiger partial charge in [-0.05, 0) is 48.9 Å². The fraction of sp³-hybridized carbons (Fsp3) is 0.154. The van der Waals surface area contributed by atoms with Crippen molar-refractivity contribution >= 4 is 93.1 Å². The molecular weight excluding hydrogens is 598 g/mol. The average molecular weight is 613 g/mol. The number of carbonyl (C=O) groups is 4.